The first-order valence-electron chi connectivity index (χ1n) is 20.0. The van der Waals surface area contributed by atoms with Crippen molar-refractivity contribution in [3.05, 3.63) is 65.0 Å². The number of nitrogens with zero attached hydrogens (tertiary/aromatic N) is 4. The molecule has 4 aliphatic rings. The van der Waals surface area contributed by atoms with Crippen LogP contribution in [0, 0.1) is 5.92 Å². The molecule has 2 saturated heterocycles. The topological polar surface area (TPSA) is 155 Å². The van der Waals surface area contributed by atoms with Crippen molar-refractivity contribution in [2.45, 2.75) is 129 Å². The molecule has 3 aliphatic heterocycles. The third kappa shape index (κ3) is 6.79. The lowest BCUT2D eigenvalue weighted by atomic mass is 9.86. The first kappa shape index (κ1) is 37.6. The number of benzene rings is 2. The summed E-state index contributed by atoms with van der Waals surface area (Å²) in [6.07, 6.45) is 5.88. The van der Waals surface area contributed by atoms with Crippen molar-refractivity contribution >= 4 is 18.1 Å². The number of carbonyl (C=O) groups is 3. The third-order valence-corrected chi connectivity index (χ3v) is 11.8. The monoisotopic (exact) mass is 763 g/mol. The van der Waals surface area contributed by atoms with Gasteiger partial charge in [0.25, 0.3) is 0 Å². The van der Waals surface area contributed by atoms with Crippen LogP contribution in [0.4, 0.5) is 9.59 Å². The van der Waals surface area contributed by atoms with Crippen molar-refractivity contribution in [3.63, 3.8) is 0 Å². The van der Waals surface area contributed by atoms with Gasteiger partial charge in [0.05, 0.1) is 42.5 Å². The fourth-order valence-corrected chi connectivity index (χ4v) is 8.95. The molecule has 4 aromatic rings. The van der Waals surface area contributed by atoms with Crippen molar-refractivity contribution in [1.29, 1.82) is 0 Å². The van der Waals surface area contributed by atoms with Gasteiger partial charge in [0.15, 0.2) is 0 Å². The van der Waals surface area contributed by atoms with Gasteiger partial charge in [-0.1, -0.05) is 26.0 Å². The van der Waals surface area contributed by atoms with Gasteiger partial charge in [0.1, 0.15) is 35.6 Å². The maximum absolute atomic E-state index is 14.0. The third-order valence-electron chi connectivity index (χ3n) is 11.8. The van der Waals surface area contributed by atoms with Crippen LogP contribution in [-0.2, 0) is 33.7 Å². The Balaban J connectivity index is 1.03. The van der Waals surface area contributed by atoms with Gasteiger partial charge in [0.2, 0.25) is 5.91 Å². The zero-order chi connectivity index (χ0) is 39.6. The van der Waals surface area contributed by atoms with E-state index in [0.29, 0.717) is 6.61 Å². The van der Waals surface area contributed by atoms with E-state index in [9.17, 15) is 14.4 Å². The zero-order valence-corrected chi connectivity index (χ0v) is 33.6. The van der Waals surface area contributed by atoms with Gasteiger partial charge in [0, 0.05) is 23.2 Å². The van der Waals surface area contributed by atoms with Gasteiger partial charge < -0.3 is 34.4 Å². The lowest BCUT2D eigenvalue weighted by molar-refractivity contribution is -0.137. The molecule has 5 heterocycles. The summed E-state index contributed by atoms with van der Waals surface area (Å²) in [4.78, 5) is 59.9. The summed E-state index contributed by atoms with van der Waals surface area (Å²) in [6.45, 7) is 14.0. The SMILES string of the molecule is COC(=O)N[C@H](C(=O)N1[C@@H](C)CC[C@H]1c1nc2c([nH]1)-c1cc3c(cc1CC2)-c1ccc(-c2cnc([C@@H]4CCC(C)N4C(=O)OC(C)(C)C)[nH]2)cc1CO3)C(C)C. The molecule has 0 spiro atoms. The molecule has 2 aromatic heterocycles. The van der Waals surface area contributed by atoms with Crippen LogP contribution in [0.25, 0.3) is 33.6 Å². The molecule has 3 N–H and O–H groups in total. The van der Waals surface area contributed by atoms with E-state index < -0.39 is 17.7 Å². The summed E-state index contributed by atoms with van der Waals surface area (Å²) in [5.74, 6) is 2.13. The molecule has 0 bridgehead atoms. The van der Waals surface area contributed by atoms with Crippen LogP contribution in [0.3, 0.4) is 0 Å². The van der Waals surface area contributed by atoms with E-state index in [2.05, 4.69) is 59.5 Å². The van der Waals surface area contributed by atoms with E-state index in [1.807, 2.05) is 50.6 Å². The molecule has 13 nitrogen and oxygen atoms in total. The Morgan fingerprint density at radius 3 is 2.34 bits per heavy atom. The number of amides is 3. The molecule has 1 aliphatic carbocycles. The Hall–Kier alpha value is -5.33. The highest BCUT2D eigenvalue weighted by Gasteiger charge is 2.42. The molecular weight excluding hydrogens is 711 g/mol. The predicted octanol–water partition coefficient (Wildman–Crippen LogP) is 8.02. The van der Waals surface area contributed by atoms with E-state index in [0.717, 1.165) is 101 Å². The highest BCUT2D eigenvalue weighted by Crippen LogP contribution is 2.46. The molecule has 13 heteroatoms. The van der Waals surface area contributed by atoms with E-state index >= 15 is 0 Å². The minimum absolute atomic E-state index is 0.00423. The summed E-state index contributed by atoms with van der Waals surface area (Å²) in [5, 5.41) is 2.75. The van der Waals surface area contributed by atoms with Crippen molar-refractivity contribution in [2.75, 3.05) is 7.11 Å². The quantitative estimate of drug-likeness (QED) is 0.178. The first-order chi connectivity index (χ1) is 26.7. The summed E-state index contributed by atoms with van der Waals surface area (Å²) in [6, 6.07) is 9.81. The molecule has 1 unspecified atom stereocenters. The van der Waals surface area contributed by atoms with Crippen LogP contribution in [0.2, 0.25) is 0 Å². The molecule has 8 rings (SSSR count). The van der Waals surface area contributed by atoms with Crippen LogP contribution < -0.4 is 10.1 Å². The number of carbonyl (C=O) groups excluding carboxylic acids is 3. The summed E-state index contributed by atoms with van der Waals surface area (Å²) in [7, 11) is 1.31. The van der Waals surface area contributed by atoms with Gasteiger partial charge in [-0.3, -0.25) is 9.69 Å². The van der Waals surface area contributed by atoms with Gasteiger partial charge >= 0.3 is 12.2 Å². The van der Waals surface area contributed by atoms with Gasteiger partial charge in [-0.25, -0.2) is 19.6 Å². The van der Waals surface area contributed by atoms with Crippen molar-refractivity contribution < 1.29 is 28.6 Å². The van der Waals surface area contributed by atoms with Crippen molar-refractivity contribution in [1.82, 2.24) is 35.1 Å². The fraction of sp³-hybridized carbons (Fsp3) is 0.512. The van der Waals surface area contributed by atoms with Crippen LogP contribution in [-0.4, -0.2) is 78.7 Å². The second kappa shape index (κ2) is 14.3. The van der Waals surface area contributed by atoms with Crippen molar-refractivity contribution in [3.8, 4) is 39.4 Å². The Morgan fingerprint density at radius 2 is 1.62 bits per heavy atom. The second-order valence-corrected chi connectivity index (χ2v) is 17.2. The Bertz CT molecular complexity index is 2180. The van der Waals surface area contributed by atoms with Crippen LogP contribution in [0.15, 0.2) is 36.5 Å². The number of likely N-dealkylation sites (tertiary alicyclic amines) is 2. The summed E-state index contributed by atoms with van der Waals surface area (Å²) in [5.41, 5.74) is 8.90. The average Bonchev–Trinajstić information content (AvgIpc) is 3.97. The highest BCUT2D eigenvalue weighted by atomic mass is 16.6. The van der Waals surface area contributed by atoms with Gasteiger partial charge in [-0.15, -0.1) is 0 Å². The summed E-state index contributed by atoms with van der Waals surface area (Å²) < 4.78 is 17.0. The molecule has 2 aromatic carbocycles. The fourth-order valence-electron chi connectivity index (χ4n) is 8.95. The Labute approximate surface area is 327 Å². The smallest absolute Gasteiger partial charge is 0.411 e. The van der Waals surface area contributed by atoms with Crippen LogP contribution in [0.1, 0.15) is 115 Å². The molecule has 56 heavy (non-hydrogen) atoms. The van der Waals surface area contributed by atoms with E-state index in [4.69, 9.17) is 24.2 Å². The number of aromatic amines is 2. The van der Waals surface area contributed by atoms with Gasteiger partial charge in [-0.05, 0) is 120 Å². The number of aromatic nitrogens is 4. The molecule has 5 atom stereocenters. The van der Waals surface area contributed by atoms with E-state index in [1.165, 1.54) is 12.7 Å². The molecular formula is C43H53N7O6. The second-order valence-electron chi connectivity index (χ2n) is 17.2. The summed E-state index contributed by atoms with van der Waals surface area (Å²) >= 11 is 0. The number of aryl methyl sites for hydroxylation is 2. The predicted molar refractivity (Wildman–Crippen MR) is 211 cm³/mol. The minimum Gasteiger partial charge on any atom is -0.488 e. The standard InChI is InChI=1S/C43H53N7O6/c1-22(2)36(48-41(52)54-8)40(51)49-23(3)9-16-34(49)39-45-31-14-12-25-18-30-28-13-11-26(17-27(28)21-55-35(30)19-29(25)37(31)47-39)32-20-44-38(46-32)33-15-10-24(4)50(33)42(53)56-43(5,6)7/h11,13,17-20,22-24,33-34,36H,9-10,12,14-16,21H2,1-8H3,(H,44,46)(H,45,47)(H,48,52)/t23-,24?,33-,34-,36-/m0/s1. The van der Waals surface area contributed by atoms with Crippen LogP contribution >= 0.6 is 0 Å². The Morgan fingerprint density at radius 1 is 0.893 bits per heavy atom. The number of nitrogens with one attached hydrogen (secondary N) is 3. The minimum atomic E-state index is -0.701. The van der Waals surface area contributed by atoms with Crippen LogP contribution in [0.5, 0.6) is 5.75 Å². The van der Waals surface area contributed by atoms with E-state index in [1.54, 1.807) is 0 Å². The number of hydrogen-bond donors (Lipinski definition) is 3. The average molecular weight is 764 g/mol. The number of hydrogen-bond acceptors (Lipinski definition) is 8. The highest BCUT2D eigenvalue weighted by molar-refractivity contribution is 5.87. The van der Waals surface area contributed by atoms with E-state index in [-0.39, 0.29) is 42.1 Å². The number of ether oxygens (including phenoxy) is 3. The maximum Gasteiger partial charge on any atom is 0.411 e. The Kier molecular flexibility index (Phi) is 9.61. The number of H-pyrrole nitrogens is 2. The number of fused-ring (bicyclic) bond motifs is 6. The first-order valence-corrected chi connectivity index (χ1v) is 20.0. The zero-order valence-electron chi connectivity index (χ0n) is 33.6. The lowest BCUT2D eigenvalue weighted by Gasteiger charge is -2.32. The number of imidazole rings is 2. The van der Waals surface area contributed by atoms with Gasteiger partial charge in [-0.2, -0.15) is 0 Å². The number of alkyl carbamates (subject to hydrolysis) is 1. The number of methoxy groups -OCH3 is 1. The lowest BCUT2D eigenvalue weighted by Crippen LogP contribution is -2.52. The largest absolute Gasteiger partial charge is 0.488 e. The molecule has 0 radical (unpaired) electrons. The van der Waals surface area contributed by atoms with Crippen molar-refractivity contribution in [2.24, 2.45) is 5.92 Å². The normalized spacial score (nSPS) is 21.8. The number of rotatable bonds is 6. The molecule has 0 saturated carbocycles. The maximum atomic E-state index is 14.0. The molecule has 2 fully saturated rings. The molecule has 296 valence electrons. The molecule has 3 amide bonds.